The molecule has 6 nitrogen and oxygen atoms in total. The molecule has 0 saturated heterocycles. The van der Waals surface area contributed by atoms with E-state index in [2.05, 4.69) is 10.0 Å². The molecule has 152 valence electrons. The first-order valence-corrected chi connectivity index (χ1v) is 10.6. The third kappa shape index (κ3) is 5.04. The average Bonchev–Trinajstić information content (AvgIpc) is 3.09. The summed E-state index contributed by atoms with van der Waals surface area (Å²) >= 11 is 0. The highest BCUT2D eigenvalue weighted by molar-refractivity contribution is 7.92. The van der Waals surface area contributed by atoms with Gasteiger partial charge >= 0.3 is 0 Å². The first-order chi connectivity index (χ1) is 12.9. The van der Waals surface area contributed by atoms with Crippen molar-refractivity contribution in [3.8, 4) is 0 Å². The van der Waals surface area contributed by atoms with Crippen LogP contribution >= 0.6 is 12.4 Å². The van der Waals surface area contributed by atoms with E-state index in [-0.39, 0.29) is 40.9 Å². The smallest absolute Gasteiger partial charge is 0.261 e. The summed E-state index contributed by atoms with van der Waals surface area (Å²) in [5.74, 6) is -0.0204. The van der Waals surface area contributed by atoms with Crippen molar-refractivity contribution in [1.29, 1.82) is 0 Å². The van der Waals surface area contributed by atoms with Crippen molar-refractivity contribution < 1.29 is 13.2 Å². The Morgan fingerprint density at radius 3 is 2.46 bits per heavy atom. The Labute approximate surface area is 172 Å². The van der Waals surface area contributed by atoms with Crippen LogP contribution in [0.15, 0.2) is 53.4 Å². The topological polar surface area (TPSA) is 101 Å². The molecule has 8 heteroatoms. The van der Waals surface area contributed by atoms with Gasteiger partial charge in [-0.25, -0.2) is 8.42 Å². The molecule has 0 aromatic heterocycles. The zero-order valence-corrected chi connectivity index (χ0v) is 17.4. The molecule has 0 aliphatic heterocycles. The summed E-state index contributed by atoms with van der Waals surface area (Å²) in [5, 5.41) is 3.02. The van der Waals surface area contributed by atoms with Crippen LogP contribution in [0.3, 0.4) is 0 Å². The van der Waals surface area contributed by atoms with Gasteiger partial charge in [0.25, 0.3) is 15.9 Å². The summed E-state index contributed by atoms with van der Waals surface area (Å²) in [4.78, 5) is 12.9. The van der Waals surface area contributed by atoms with E-state index < -0.39 is 10.0 Å². The number of rotatable bonds is 6. The highest BCUT2D eigenvalue weighted by atomic mass is 35.5. The van der Waals surface area contributed by atoms with Gasteiger partial charge in [0.2, 0.25) is 0 Å². The molecule has 0 spiro atoms. The van der Waals surface area contributed by atoms with E-state index in [1.807, 2.05) is 6.92 Å². The Bertz CT molecular complexity index is 917. The number of benzene rings is 2. The molecule has 2 unspecified atom stereocenters. The van der Waals surface area contributed by atoms with Gasteiger partial charge in [-0.15, -0.1) is 12.4 Å². The molecule has 0 bridgehead atoms. The van der Waals surface area contributed by atoms with Crippen LogP contribution in [0, 0.1) is 12.8 Å². The van der Waals surface area contributed by atoms with Gasteiger partial charge in [0.1, 0.15) is 0 Å². The lowest BCUT2D eigenvalue weighted by molar-refractivity contribution is 0.0929. The van der Waals surface area contributed by atoms with Crippen LogP contribution in [0.1, 0.15) is 35.2 Å². The molecule has 2 atom stereocenters. The highest BCUT2D eigenvalue weighted by Crippen LogP contribution is 2.26. The predicted octanol–water partition coefficient (Wildman–Crippen LogP) is 3.07. The zero-order chi connectivity index (χ0) is 19.4. The monoisotopic (exact) mass is 423 g/mol. The number of para-hydroxylation sites is 1. The zero-order valence-electron chi connectivity index (χ0n) is 15.7. The van der Waals surface area contributed by atoms with Crippen LogP contribution < -0.4 is 15.8 Å². The molecule has 1 amide bonds. The molecular weight excluding hydrogens is 398 g/mol. The van der Waals surface area contributed by atoms with Gasteiger partial charge in [0, 0.05) is 6.04 Å². The van der Waals surface area contributed by atoms with Crippen LogP contribution in [0.25, 0.3) is 0 Å². The average molecular weight is 424 g/mol. The largest absolute Gasteiger partial charge is 0.349 e. The predicted molar refractivity (Wildman–Crippen MR) is 113 cm³/mol. The molecular formula is C20H26ClN3O3S. The number of hydrogen-bond donors (Lipinski definition) is 3. The lowest BCUT2D eigenvalue weighted by Gasteiger charge is -2.20. The third-order valence-electron chi connectivity index (χ3n) is 5.03. The highest BCUT2D eigenvalue weighted by Gasteiger charge is 2.28. The molecule has 28 heavy (non-hydrogen) atoms. The molecule has 2 aromatic carbocycles. The van der Waals surface area contributed by atoms with Crippen LogP contribution in [0.5, 0.6) is 0 Å². The molecule has 1 saturated carbocycles. The van der Waals surface area contributed by atoms with E-state index in [1.54, 1.807) is 48.5 Å². The standard InChI is InChI=1S/C20H25N3O3S.ClH/c1-14-9-11-16(12-10-14)27(25,26)23-19-7-3-2-6-17(19)20(24)22-18-8-4-5-15(18)13-21;/h2-3,6-7,9-12,15,18,23H,4-5,8,13,21H2,1H3,(H,22,24);1H. The SMILES string of the molecule is Cc1ccc(S(=O)(=O)Nc2ccccc2C(=O)NC2CCCC2CN)cc1.Cl. The van der Waals surface area contributed by atoms with Gasteiger partial charge in [-0.3, -0.25) is 9.52 Å². The van der Waals surface area contributed by atoms with Crippen LogP contribution in [-0.4, -0.2) is 26.9 Å². The number of carbonyl (C=O) groups excluding carboxylic acids is 1. The summed E-state index contributed by atoms with van der Waals surface area (Å²) in [6.45, 7) is 2.42. The summed E-state index contributed by atoms with van der Waals surface area (Å²) in [6, 6.07) is 13.2. The summed E-state index contributed by atoms with van der Waals surface area (Å²) in [6.07, 6.45) is 2.93. The number of hydrogen-bond acceptors (Lipinski definition) is 4. The summed E-state index contributed by atoms with van der Waals surface area (Å²) < 4.78 is 27.9. The van der Waals surface area contributed by atoms with Crippen molar-refractivity contribution in [2.24, 2.45) is 11.7 Å². The lowest BCUT2D eigenvalue weighted by atomic mass is 10.0. The number of anilines is 1. The van der Waals surface area contributed by atoms with Gasteiger partial charge in [0.15, 0.2) is 0 Å². The normalized spacial score (nSPS) is 18.9. The minimum absolute atomic E-state index is 0. The number of nitrogens with one attached hydrogen (secondary N) is 2. The van der Waals surface area contributed by atoms with Crippen LogP contribution in [0.2, 0.25) is 0 Å². The first-order valence-electron chi connectivity index (χ1n) is 9.10. The van der Waals surface area contributed by atoms with E-state index in [0.29, 0.717) is 12.1 Å². The lowest BCUT2D eigenvalue weighted by Crippen LogP contribution is -2.40. The summed E-state index contributed by atoms with van der Waals surface area (Å²) in [5.41, 5.74) is 7.32. The maximum absolute atomic E-state index is 12.8. The van der Waals surface area contributed by atoms with Crippen LogP contribution in [0.4, 0.5) is 5.69 Å². The number of amides is 1. The third-order valence-corrected chi connectivity index (χ3v) is 6.41. The molecule has 4 N–H and O–H groups in total. The van der Waals surface area contributed by atoms with Crippen LogP contribution in [-0.2, 0) is 10.0 Å². The first kappa shape index (κ1) is 22.2. The second kappa shape index (κ2) is 9.41. The fourth-order valence-electron chi connectivity index (χ4n) is 3.45. The maximum atomic E-state index is 12.8. The second-order valence-corrected chi connectivity index (χ2v) is 8.65. The maximum Gasteiger partial charge on any atom is 0.261 e. The van der Waals surface area contributed by atoms with E-state index >= 15 is 0 Å². The van der Waals surface area contributed by atoms with Crippen molar-refractivity contribution >= 4 is 34.0 Å². The van der Waals surface area contributed by atoms with E-state index in [9.17, 15) is 13.2 Å². The van der Waals surface area contributed by atoms with Crippen molar-refractivity contribution in [1.82, 2.24) is 5.32 Å². The van der Waals surface area contributed by atoms with Crippen molar-refractivity contribution in [3.63, 3.8) is 0 Å². The van der Waals surface area contributed by atoms with Crippen molar-refractivity contribution in [3.05, 3.63) is 59.7 Å². The number of carbonyl (C=O) groups is 1. The fourth-order valence-corrected chi connectivity index (χ4v) is 4.53. The Morgan fingerprint density at radius 1 is 1.11 bits per heavy atom. The van der Waals surface area contributed by atoms with E-state index in [4.69, 9.17) is 5.73 Å². The summed E-state index contributed by atoms with van der Waals surface area (Å²) in [7, 11) is -3.78. The molecule has 1 aliphatic carbocycles. The number of aryl methyl sites for hydroxylation is 1. The minimum Gasteiger partial charge on any atom is -0.349 e. The van der Waals surface area contributed by atoms with Gasteiger partial charge in [0.05, 0.1) is 16.1 Å². The quantitative estimate of drug-likeness (QED) is 0.664. The molecule has 1 fully saturated rings. The second-order valence-electron chi connectivity index (χ2n) is 6.97. The Hall–Kier alpha value is -2.09. The number of sulfonamides is 1. The Morgan fingerprint density at radius 2 is 1.79 bits per heavy atom. The molecule has 0 radical (unpaired) electrons. The number of halogens is 1. The Balaban J connectivity index is 0.00000280. The van der Waals surface area contributed by atoms with Gasteiger partial charge in [-0.1, -0.05) is 36.2 Å². The fraction of sp³-hybridized carbons (Fsp3) is 0.350. The van der Waals surface area contributed by atoms with Gasteiger partial charge in [-0.2, -0.15) is 0 Å². The molecule has 1 aliphatic rings. The van der Waals surface area contributed by atoms with Crippen molar-refractivity contribution in [2.45, 2.75) is 37.1 Å². The molecule has 2 aromatic rings. The van der Waals surface area contributed by atoms with Gasteiger partial charge < -0.3 is 11.1 Å². The Kier molecular flexibility index (Phi) is 7.46. The number of nitrogens with two attached hydrogens (primary N) is 1. The molecule has 0 heterocycles. The minimum atomic E-state index is -3.78. The molecule has 3 rings (SSSR count). The van der Waals surface area contributed by atoms with Gasteiger partial charge in [-0.05, 0) is 56.5 Å². The van der Waals surface area contributed by atoms with E-state index in [0.717, 1.165) is 24.8 Å². The van der Waals surface area contributed by atoms with Crippen molar-refractivity contribution in [2.75, 3.05) is 11.3 Å². The van der Waals surface area contributed by atoms with E-state index in [1.165, 1.54) is 0 Å².